The average molecular weight is 431 g/mol. The van der Waals surface area contributed by atoms with Crippen LogP contribution >= 0.6 is 0 Å². The normalized spacial score (nSPS) is 41.0. The molecule has 3 nitrogen and oxygen atoms in total. The minimum absolute atomic E-state index is 0.0421. The summed E-state index contributed by atoms with van der Waals surface area (Å²) in [5, 5.41) is 33.2. The quantitative estimate of drug-likeness (QED) is 0.466. The van der Waals surface area contributed by atoms with E-state index in [1.165, 1.54) is 0 Å². The summed E-state index contributed by atoms with van der Waals surface area (Å²) in [6, 6.07) is 0. The standard InChI is InChI=1S/C28H46O3/c1-18(2)19(3)8-9-21(5)24-12-13-25-27(24,6)14-7-15-28(25,31)26(30)17-22-16-23(29)11-10-20(22)4/h8-9,17-19,21,23-26,29-31H,4,7,10-16H2,1-3,5-6H3/b9-8+,22-17?/t19?,21-,23-,24-,25?,26?,27-,28?/m1/s1. The van der Waals surface area contributed by atoms with E-state index in [0.29, 0.717) is 36.5 Å². The first-order chi connectivity index (χ1) is 14.5. The lowest BCUT2D eigenvalue weighted by Crippen LogP contribution is -2.56. The van der Waals surface area contributed by atoms with E-state index in [-0.39, 0.29) is 17.4 Å². The summed E-state index contributed by atoms with van der Waals surface area (Å²) in [6.07, 6.45) is 12.2. The fraction of sp³-hybridized carbons (Fsp3) is 0.786. The molecule has 3 aliphatic carbocycles. The molecule has 3 heteroatoms. The van der Waals surface area contributed by atoms with Gasteiger partial charge in [0.1, 0.15) is 6.10 Å². The van der Waals surface area contributed by atoms with Crippen molar-refractivity contribution >= 4 is 0 Å². The fourth-order valence-electron chi connectivity index (χ4n) is 6.82. The Bertz CT molecular complexity index is 707. The first kappa shape index (κ1) is 24.7. The van der Waals surface area contributed by atoms with Crippen molar-refractivity contribution < 1.29 is 15.3 Å². The zero-order chi connectivity index (χ0) is 23.0. The number of rotatable bonds is 6. The summed E-state index contributed by atoms with van der Waals surface area (Å²) >= 11 is 0. The van der Waals surface area contributed by atoms with E-state index in [1.54, 1.807) is 0 Å². The van der Waals surface area contributed by atoms with Crippen LogP contribution in [-0.4, -0.2) is 33.1 Å². The number of hydrogen-bond donors (Lipinski definition) is 3. The number of fused-ring (bicyclic) bond motifs is 1. The van der Waals surface area contributed by atoms with E-state index in [1.807, 2.05) is 6.08 Å². The summed E-state index contributed by atoms with van der Waals surface area (Å²) in [7, 11) is 0. The second kappa shape index (κ2) is 9.53. The van der Waals surface area contributed by atoms with E-state index >= 15 is 0 Å². The van der Waals surface area contributed by atoms with Crippen LogP contribution in [0.3, 0.4) is 0 Å². The molecule has 176 valence electrons. The predicted octanol–water partition coefficient (Wildman–Crippen LogP) is 5.81. The molecule has 31 heavy (non-hydrogen) atoms. The van der Waals surface area contributed by atoms with Crippen LogP contribution in [0.4, 0.5) is 0 Å². The van der Waals surface area contributed by atoms with E-state index in [2.05, 4.69) is 53.3 Å². The van der Waals surface area contributed by atoms with Crippen LogP contribution in [0.2, 0.25) is 0 Å². The Balaban J connectivity index is 1.80. The average Bonchev–Trinajstić information content (AvgIpc) is 3.07. The molecule has 3 rings (SSSR count). The van der Waals surface area contributed by atoms with Gasteiger partial charge in [-0.15, -0.1) is 0 Å². The van der Waals surface area contributed by atoms with Crippen LogP contribution in [-0.2, 0) is 0 Å². The number of allylic oxidation sites excluding steroid dienone is 3. The molecule has 0 aromatic heterocycles. The molecule has 8 atom stereocenters. The van der Waals surface area contributed by atoms with Gasteiger partial charge in [-0.1, -0.05) is 58.9 Å². The summed E-state index contributed by atoms with van der Waals surface area (Å²) in [4.78, 5) is 0. The van der Waals surface area contributed by atoms with Crippen LogP contribution in [0.5, 0.6) is 0 Å². The lowest BCUT2D eigenvalue weighted by Gasteiger charge is -2.52. The molecule has 4 unspecified atom stereocenters. The third-order valence-electron chi connectivity index (χ3n) is 9.27. The molecule has 3 aliphatic rings. The zero-order valence-corrected chi connectivity index (χ0v) is 20.5. The van der Waals surface area contributed by atoms with Gasteiger partial charge in [0, 0.05) is 0 Å². The molecule has 0 heterocycles. The van der Waals surface area contributed by atoms with Crippen LogP contribution < -0.4 is 0 Å². The number of aliphatic hydroxyl groups excluding tert-OH is 2. The maximum absolute atomic E-state index is 11.8. The molecule has 0 bridgehead atoms. The molecule has 0 aromatic rings. The summed E-state index contributed by atoms with van der Waals surface area (Å²) in [5.41, 5.74) is 0.876. The highest BCUT2D eigenvalue weighted by atomic mass is 16.3. The van der Waals surface area contributed by atoms with Gasteiger partial charge in [-0.05, 0) is 98.0 Å². The van der Waals surface area contributed by atoms with Crippen molar-refractivity contribution in [2.75, 3.05) is 0 Å². The molecule has 0 aromatic carbocycles. The summed E-state index contributed by atoms with van der Waals surface area (Å²) in [6.45, 7) is 15.6. The monoisotopic (exact) mass is 430 g/mol. The predicted molar refractivity (Wildman–Crippen MR) is 129 cm³/mol. The largest absolute Gasteiger partial charge is 0.393 e. The van der Waals surface area contributed by atoms with Gasteiger partial charge in [-0.3, -0.25) is 0 Å². The third kappa shape index (κ3) is 4.89. The molecule has 0 aliphatic heterocycles. The molecule has 3 fully saturated rings. The molecular formula is C28H46O3. The topological polar surface area (TPSA) is 60.7 Å². The smallest absolute Gasteiger partial charge is 0.102 e. The van der Waals surface area contributed by atoms with Crippen molar-refractivity contribution in [1.29, 1.82) is 0 Å². The van der Waals surface area contributed by atoms with E-state index in [4.69, 9.17) is 0 Å². The first-order valence-corrected chi connectivity index (χ1v) is 12.6. The van der Waals surface area contributed by atoms with Gasteiger partial charge in [0.25, 0.3) is 0 Å². The zero-order valence-electron chi connectivity index (χ0n) is 20.5. The SMILES string of the molecule is C=C1CC[C@@H](O)CC1=CC(O)C1(O)CCC[C@@]2(C)C1CC[C@@H]2[C@H](C)/C=C/C(C)C(C)C. The fourth-order valence-corrected chi connectivity index (χ4v) is 6.82. The minimum atomic E-state index is -1.09. The highest BCUT2D eigenvalue weighted by Crippen LogP contribution is 2.61. The maximum atomic E-state index is 11.8. The van der Waals surface area contributed by atoms with Crippen LogP contribution in [0.1, 0.15) is 86.0 Å². The van der Waals surface area contributed by atoms with Gasteiger partial charge >= 0.3 is 0 Å². The molecule has 0 amide bonds. The number of hydrogen-bond acceptors (Lipinski definition) is 3. The molecule has 3 N–H and O–H groups in total. The van der Waals surface area contributed by atoms with Gasteiger partial charge < -0.3 is 15.3 Å². The molecule has 3 saturated carbocycles. The molecule has 0 spiro atoms. The van der Waals surface area contributed by atoms with Crippen LogP contribution in [0.25, 0.3) is 0 Å². The van der Waals surface area contributed by atoms with E-state index in [0.717, 1.165) is 49.7 Å². The second-order valence-corrected chi connectivity index (χ2v) is 11.6. The van der Waals surface area contributed by atoms with Crippen molar-refractivity contribution in [3.05, 3.63) is 36.0 Å². The third-order valence-corrected chi connectivity index (χ3v) is 9.27. The van der Waals surface area contributed by atoms with Gasteiger partial charge in [-0.25, -0.2) is 0 Å². The Morgan fingerprint density at radius 1 is 1.06 bits per heavy atom. The van der Waals surface area contributed by atoms with Gasteiger partial charge in [0.15, 0.2) is 0 Å². The van der Waals surface area contributed by atoms with E-state index in [9.17, 15) is 15.3 Å². The summed E-state index contributed by atoms with van der Waals surface area (Å²) in [5.74, 6) is 2.33. The van der Waals surface area contributed by atoms with Crippen LogP contribution in [0.15, 0.2) is 36.0 Å². The Morgan fingerprint density at radius 3 is 2.45 bits per heavy atom. The summed E-state index contributed by atoms with van der Waals surface area (Å²) < 4.78 is 0. The van der Waals surface area contributed by atoms with Crippen LogP contribution in [0, 0.1) is 35.0 Å². The number of aliphatic hydroxyl groups is 3. The van der Waals surface area contributed by atoms with Crippen molar-refractivity contribution in [1.82, 2.24) is 0 Å². The second-order valence-electron chi connectivity index (χ2n) is 11.6. The van der Waals surface area contributed by atoms with Crippen molar-refractivity contribution in [3.63, 3.8) is 0 Å². The molecular weight excluding hydrogens is 384 g/mol. The Hall–Kier alpha value is -0.900. The Morgan fingerprint density at radius 2 is 1.77 bits per heavy atom. The van der Waals surface area contributed by atoms with Gasteiger partial charge in [-0.2, -0.15) is 0 Å². The minimum Gasteiger partial charge on any atom is -0.393 e. The van der Waals surface area contributed by atoms with Crippen molar-refractivity contribution in [2.45, 2.75) is 104 Å². The Labute approximate surface area is 190 Å². The van der Waals surface area contributed by atoms with Gasteiger partial charge in [0.2, 0.25) is 0 Å². The van der Waals surface area contributed by atoms with E-state index < -0.39 is 11.7 Å². The Kier molecular flexibility index (Phi) is 7.61. The lowest BCUT2D eigenvalue weighted by molar-refractivity contribution is -0.155. The van der Waals surface area contributed by atoms with Gasteiger partial charge in [0.05, 0.1) is 11.7 Å². The highest BCUT2D eigenvalue weighted by molar-refractivity contribution is 5.33. The highest BCUT2D eigenvalue weighted by Gasteiger charge is 2.59. The first-order valence-electron chi connectivity index (χ1n) is 12.6. The van der Waals surface area contributed by atoms with Crippen molar-refractivity contribution in [2.24, 2.45) is 35.0 Å². The molecule has 0 radical (unpaired) electrons. The molecule has 0 saturated heterocycles. The van der Waals surface area contributed by atoms with Crippen molar-refractivity contribution in [3.8, 4) is 0 Å². The lowest BCUT2D eigenvalue weighted by atomic mass is 9.56. The maximum Gasteiger partial charge on any atom is 0.102 e.